The molecule has 0 aromatic heterocycles. The average Bonchev–Trinajstić information content (AvgIpc) is 2.04. The Labute approximate surface area is 74.1 Å². The highest BCUT2D eigenvalue weighted by atomic mass is 16.3. The average molecular weight is 169 g/mol. The molecule has 2 bridgehead atoms. The van der Waals surface area contributed by atoms with Crippen LogP contribution in [0.4, 0.5) is 0 Å². The van der Waals surface area contributed by atoms with Gasteiger partial charge in [0.1, 0.15) is 0 Å². The molecular weight excluding hydrogens is 150 g/mol. The molecule has 12 heavy (non-hydrogen) atoms. The molecule has 0 radical (unpaired) electrons. The first kappa shape index (κ1) is 8.52. The van der Waals surface area contributed by atoms with Crippen molar-refractivity contribution in [2.45, 2.75) is 38.7 Å². The van der Waals surface area contributed by atoms with E-state index in [0.717, 1.165) is 18.8 Å². The summed E-state index contributed by atoms with van der Waals surface area (Å²) in [6, 6.07) is 0. The van der Waals surface area contributed by atoms with E-state index in [2.05, 4.69) is 13.8 Å². The Balaban J connectivity index is 2.21. The Bertz CT molecular complexity index is 200. The number of nitrogens with two attached hydrogens (primary N) is 1. The third-order valence-corrected chi connectivity index (χ3v) is 4.40. The van der Waals surface area contributed by atoms with E-state index in [1.165, 1.54) is 6.42 Å². The molecule has 0 saturated heterocycles. The minimum atomic E-state index is -0.543. The summed E-state index contributed by atoms with van der Waals surface area (Å²) in [6.07, 6.45) is 3.28. The first-order valence-corrected chi connectivity index (χ1v) is 4.93. The SMILES string of the molecule is CC1(C)[C@H]2CCC(O)(CN)[C@@H]1C2. The minimum Gasteiger partial charge on any atom is -0.388 e. The van der Waals surface area contributed by atoms with Crippen molar-refractivity contribution in [2.24, 2.45) is 23.0 Å². The summed E-state index contributed by atoms with van der Waals surface area (Å²) < 4.78 is 0. The van der Waals surface area contributed by atoms with Crippen molar-refractivity contribution in [2.75, 3.05) is 6.54 Å². The van der Waals surface area contributed by atoms with Crippen LogP contribution in [0.1, 0.15) is 33.1 Å². The number of hydrogen-bond donors (Lipinski definition) is 2. The van der Waals surface area contributed by atoms with Crippen LogP contribution in [0.3, 0.4) is 0 Å². The molecule has 3 aliphatic carbocycles. The van der Waals surface area contributed by atoms with Gasteiger partial charge in [-0.2, -0.15) is 0 Å². The second kappa shape index (κ2) is 2.24. The van der Waals surface area contributed by atoms with Crippen LogP contribution in [0, 0.1) is 17.3 Å². The number of fused-ring (bicyclic) bond motifs is 2. The Morgan fingerprint density at radius 3 is 2.50 bits per heavy atom. The molecule has 1 unspecified atom stereocenters. The van der Waals surface area contributed by atoms with Crippen molar-refractivity contribution in [1.29, 1.82) is 0 Å². The van der Waals surface area contributed by atoms with Crippen molar-refractivity contribution >= 4 is 0 Å². The monoisotopic (exact) mass is 169 g/mol. The molecule has 0 heterocycles. The van der Waals surface area contributed by atoms with Gasteiger partial charge in [0.15, 0.2) is 0 Å². The maximum atomic E-state index is 10.2. The van der Waals surface area contributed by atoms with E-state index in [9.17, 15) is 5.11 Å². The van der Waals surface area contributed by atoms with E-state index in [0.29, 0.717) is 17.9 Å². The Kier molecular flexibility index (Phi) is 1.59. The first-order valence-electron chi connectivity index (χ1n) is 4.93. The third kappa shape index (κ3) is 0.826. The van der Waals surface area contributed by atoms with Gasteiger partial charge in [-0.05, 0) is 36.5 Å². The molecule has 0 amide bonds. The lowest BCUT2D eigenvalue weighted by Crippen LogP contribution is -2.63. The van der Waals surface area contributed by atoms with Gasteiger partial charge in [0.2, 0.25) is 0 Å². The molecule has 3 saturated carbocycles. The smallest absolute Gasteiger partial charge is 0.0802 e. The van der Waals surface area contributed by atoms with Crippen molar-refractivity contribution in [1.82, 2.24) is 0 Å². The van der Waals surface area contributed by atoms with Gasteiger partial charge in [-0.1, -0.05) is 13.8 Å². The molecule has 0 aliphatic heterocycles. The summed E-state index contributed by atoms with van der Waals surface area (Å²) in [5.74, 6) is 1.29. The van der Waals surface area contributed by atoms with Gasteiger partial charge in [-0.15, -0.1) is 0 Å². The van der Waals surface area contributed by atoms with E-state index in [4.69, 9.17) is 5.73 Å². The predicted octanol–water partition coefficient (Wildman–Crippen LogP) is 1.13. The van der Waals surface area contributed by atoms with E-state index < -0.39 is 5.60 Å². The number of aliphatic hydroxyl groups is 1. The Morgan fingerprint density at radius 1 is 1.50 bits per heavy atom. The van der Waals surface area contributed by atoms with Crippen LogP contribution in [0.25, 0.3) is 0 Å². The van der Waals surface area contributed by atoms with Crippen molar-refractivity contribution in [3.8, 4) is 0 Å². The molecule has 3 fully saturated rings. The molecule has 3 N–H and O–H groups in total. The lowest BCUT2D eigenvalue weighted by atomic mass is 9.44. The largest absolute Gasteiger partial charge is 0.388 e. The lowest BCUT2D eigenvalue weighted by Gasteiger charge is -2.63. The molecule has 70 valence electrons. The fourth-order valence-corrected chi connectivity index (χ4v) is 3.26. The van der Waals surface area contributed by atoms with Gasteiger partial charge in [0.25, 0.3) is 0 Å². The third-order valence-electron chi connectivity index (χ3n) is 4.40. The van der Waals surface area contributed by atoms with Crippen LogP contribution in [-0.2, 0) is 0 Å². The van der Waals surface area contributed by atoms with Gasteiger partial charge in [-0.25, -0.2) is 0 Å². The Morgan fingerprint density at radius 2 is 2.17 bits per heavy atom. The van der Waals surface area contributed by atoms with Crippen LogP contribution in [0.5, 0.6) is 0 Å². The van der Waals surface area contributed by atoms with Gasteiger partial charge < -0.3 is 10.8 Å². The highest BCUT2D eigenvalue weighted by Crippen LogP contribution is 2.62. The molecule has 2 nitrogen and oxygen atoms in total. The van der Waals surface area contributed by atoms with Gasteiger partial charge >= 0.3 is 0 Å². The van der Waals surface area contributed by atoms with E-state index in [1.807, 2.05) is 0 Å². The standard InChI is InChI=1S/C10H19NO/c1-9(2)7-3-4-10(12,6-11)8(9)5-7/h7-8,12H,3-6,11H2,1-2H3/t7-,8+,10?/m0/s1. The Hall–Kier alpha value is -0.0800. The minimum absolute atomic E-state index is 0.340. The van der Waals surface area contributed by atoms with Crippen LogP contribution in [0.15, 0.2) is 0 Å². The van der Waals surface area contributed by atoms with E-state index in [1.54, 1.807) is 0 Å². The summed E-state index contributed by atoms with van der Waals surface area (Å²) >= 11 is 0. The summed E-state index contributed by atoms with van der Waals surface area (Å²) in [5, 5.41) is 10.2. The maximum Gasteiger partial charge on any atom is 0.0802 e. The summed E-state index contributed by atoms with van der Waals surface area (Å²) in [6.45, 7) is 4.98. The highest BCUT2D eigenvalue weighted by molar-refractivity contribution is 5.10. The van der Waals surface area contributed by atoms with E-state index in [-0.39, 0.29) is 0 Å². The normalized spacial score (nSPS) is 50.0. The van der Waals surface area contributed by atoms with E-state index >= 15 is 0 Å². The molecule has 3 rings (SSSR count). The zero-order chi connectivity index (χ0) is 8.98. The van der Waals surface area contributed by atoms with Crippen LogP contribution in [-0.4, -0.2) is 17.3 Å². The molecule has 3 atom stereocenters. The maximum absolute atomic E-state index is 10.2. The quantitative estimate of drug-likeness (QED) is 0.618. The predicted molar refractivity (Wildman–Crippen MR) is 48.6 cm³/mol. The first-order chi connectivity index (χ1) is 5.50. The molecule has 0 aromatic carbocycles. The molecule has 2 heteroatoms. The number of hydrogen-bond acceptors (Lipinski definition) is 2. The van der Waals surface area contributed by atoms with Crippen LogP contribution >= 0.6 is 0 Å². The van der Waals surface area contributed by atoms with Crippen molar-refractivity contribution in [3.63, 3.8) is 0 Å². The van der Waals surface area contributed by atoms with Crippen molar-refractivity contribution in [3.05, 3.63) is 0 Å². The van der Waals surface area contributed by atoms with Gasteiger partial charge in [0.05, 0.1) is 5.60 Å². The molecule has 0 spiro atoms. The molecule has 0 aromatic rings. The van der Waals surface area contributed by atoms with Gasteiger partial charge in [0, 0.05) is 6.54 Å². The van der Waals surface area contributed by atoms with Crippen LogP contribution in [0.2, 0.25) is 0 Å². The number of rotatable bonds is 1. The molecule has 3 aliphatic rings. The fraction of sp³-hybridized carbons (Fsp3) is 1.00. The van der Waals surface area contributed by atoms with Crippen LogP contribution < -0.4 is 5.73 Å². The zero-order valence-corrected chi connectivity index (χ0v) is 8.01. The summed E-state index contributed by atoms with van der Waals surface area (Å²) in [4.78, 5) is 0. The topological polar surface area (TPSA) is 46.2 Å². The summed E-state index contributed by atoms with van der Waals surface area (Å²) in [7, 11) is 0. The lowest BCUT2D eigenvalue weighted by molar-refractivity contribution is -0.196. The zero-order valence-electron chi connectivity index (χ0n) is 8.01. The van der Waals surface area contributed by atoms with Gasteiger partial charge in [-0.3, -0.25) is 0 Å². The second-order valence-corrected chi connectivity index (χ2v) is 5.15. The fourth-order valence-electron chi connectivity index (χ4n) is 3.26. The highest BCUT2D eigenvalue weighted by Gasteiger charge is 2.59. The summed E-state index contributed by atoms with van der Waals surface area (Å²) in [5.41, 5.74) is 5.42. The second-order valence-electron chi connectivity index (χ2n) is 5.15. The molecular formula is C10H19NO. The van der Waals surface area contributed by atoms with Crippen molar-refractivity contribution < 1.29 is 5.11 Å².